The minimum Gasteiger partial charge on any atom is -0.500 e. The second-order valence-corrected chi connectivity index (χ2v) is 5.18. The zero-order valence-corrected chi connectivity index (χ0v) is 14.4. The fraction of sp³-hybridized carbons (Fsp3) is 0.176. The van der Waals surface area contributed by atoms with Gasteiger partial charge in [0.05, 0.1) is 20.4 Å². The van der Waals surface area contributed by atoms with Crippen LogP contribution in [-0.2, 0) is 19.0 Å². The van der Waals surface area contributed by atoms with Crippen LogP contribution in [0.5, 0.6) is 0 Å². The van der Waals surface area contributed by atoms with E-state index >= 15 is 0 Å². The van der Waals surface area contributed by atoms with Crippen LogP contribution >= 0.6 is 11.6 Å². The van der Waals surface area contributed by atoms with Crippen LogP contribution in [0.4, 0.5) is 5.82 Å². The lowest BCUT2D eigenvalue weighted by atomic mass is 10.1. The third-order valence-electron chi connectivity index (χ3n) is 2.95. The molecule has 0 aliphatic heterocycles. The first kappa shape index (κ1) is 18.4. The molecule has 130 valence electrons. The molecule has 8 heteroatoms. The Morgan fingerprint density at radius 3 is 2.84 bits per heavy atom. The lowest BCUT2D eigenvalue weighted by Crippen LogP contribution is -2.10. The Hall–Kier alpha value is -2.93. The first-order valence-corrected chi connectivity index (χ1v) is 7.58. The molecular formula is C17H16ClN3O4. The van der Waals surface area contributed by atoms with E-state index < -0.39 is 5.97 Å². The van der Waals surface area contributed by atoms with Crippen molar-refractivity contribution in [2.45, 2.75) is 6.42 Å². The molecule has 0 saturated carbocycles. The fourth-order valence-electron chi connectivity index (χ4n) is 1.82. The maximum atomic E-state index is 11.7. The summed E-state index contributed by atoms with van der Waals surface area (Å²) in [5.74, 6) is 0.0870. The van der Waals surface area contributed by atoms with Gasteiger partial charge in [-0.25, -0.2) is 9.78 Å². The van der Waals surface area contributed by atoms with Crippen LogP contribution in [0.2, 0.25) is 0 Å². The van der Waals surface area contributed by atoms with Crippen LogP contribution in [0.1, 0.15) is 6.42 Å². The molecule has 0 fully saturated rings. The average molecular weight is 362 g/mol. The predicted molar refractivity (Wildman–Crippen MR) is 91.7 cm³/mol. The van der Waals surface area contributed by atoms with Gasteiger partial charge in [0.2, 0.25) is 5.76 Å². The van der Waals surface area contributed by atoms with Gasteiger partial charge in [0.1, 0.15) is 12.0 Å². The number of allylic oxidation sites excluding steroid dienone is 4. The Labute approximate surface area is 150 Å². The molecule has 0 atom stereocenters. The fourth-order valence-corrected chi connectivity index (χ4v) is 2.03. The Kier molecular flexibility index (Phi) is 6.91. The van der Waals surface area contributed by atoms with Gasteiger partial charge in [0.25, 0.3) is 0 Å². The average Bonchev–Trinajstić information content (AvgIpc) is 2.63. The first-order chi connectivity index (χ1) is 12.1. The highest BCUT2D eigenvalue weighted by Crippen LogP contribution is 2.29. The van der Waals surface area contributed by atoms with Gasteiger partial charge < -0.3 is 14.2 Å². The molecule has 2 rings (SSSR count). The highest BCUT2D eigenvalue weighted by Gasteiger charge is 2.19. The maximum Gasteiger partial charge on any atom is 0.377 e. The summed E-state index contributed by atoms with van der Waals surface area (Å²) in [4.78, 5) is 15.8. The van der Waals surface area contributed by atoms with E-state index in [-0.39, 0.29) is 5.76 Å². The van der Waals surface area contributed by atoms with Crippen LogP contribution in [0.15, 0.2) is 81.4 Å². The molecule has 1 aromatic rings. The van der Waals surface area contributed by atoms with Crippen LogP contribution in [-0.4, -0.2) is 25.2 Å². The van der Waals surface area contributed by atoms with Crippen molar-refractivity contribution in [3.8, 4) is 0 Å². The number of azo groups is 1. The molecule has 1 aliphatic carbocycles. The van der Waals surface area contributed by atoms with Gasteiger partial charge in [-0.15, -0.1) is 5.11 Å². The molecule has 1 heterocycles. The van der Waals surface area contributed by atoms with Crippen LogP contribution in [0.3, 0.4) is 0 Å². The van der Waals surface area contributed by atoms with E-state index in [1.54, 1.807) is 36.5 Å². The molecule has 0 saturated heterocycles. The van der Waals surface area contributed by atoms with Crippen molar-refractivity contribution in [2.75, 3.05) is 14.2 Å². The summed E-state index contributed by atoms with van der Waals surface area (Å²) >= 11 is 6.06. The molecule has 1 aliphatic rings. The van der Waals surface area contributed by atoms with E-state index in [9.17, 15) is 4.79 Å². The molecular weight excluding hydrogens is 346 g/mol. The van der Waals surface area contributed by atoms with Crippen molar-refractivity contribution in [1.82, 2.24) is 4.98 Å². The largest absolute Gasteiger partial charge is 0.500 e. The van der Waals surface area contributed by atoms with Crippen LogP contribution < -0.4 is 0 Å². The van der Waals surface area contributed by atoms with Gasteiger partial charge in [-0.2, -0.15) is 5.11 Å². The number of carbonyl (C=O) groups is 1. The van der Waals surface area contributed by atoms with Crippen LogP contribution in [0.25, 0.3) is 0 Å². The van der Waals surface area contributed by atoms with Crippen molar-refractivity contribution >= 4 is 23.4 Å². The summed E-state index contributed by atoms with van der Waals surface area (Å²) in [5, 5.41) is 8.58. The molecule has 0 aromatic carbocycles. The second-order valence-electron chi connectivity index (χ2n) is 4.69. The van der Waals surface area contributed by atoms with Gasteiger partial charge in [-0.3, -0.25) is 0 Å². The predicted octanol–water partition coefficient (Wildman–Crippen LogP) is 4.14. The SMILES string of the molecule is COC=C(OC1=CC=C(Cl)CC1=CN=Nc1ccccn1)C(=O)OC. The number of halogens is 1. The van der Waals surface area contributed by atoms with E-state index in [1.807, 2.05) is 0 Å². The molecule has 0 bridgehead atoms. The standard InChI is InChI=1S/C17H16ClN3O4/c1-23-11-15(17(22)24-2)25-14-7-6-13(18)9-12(14)10-20-21-16-5-3-4-8-19-16/h3-8,10-11H,9H2,1-2H3. The molecule has 0 unspecified atom stereocenters. The van der Waals surface area contributed by atoms with Gasteiger partial charge in [-0.1, -0.05) is 17.7 Å². The summed E-state index contributed by atoms with van der Waals surface area (Å²) in [7, 11) is 2.65. The molecule has 0 radical (unpaired) electrons. The third-order valence-corrected chi connectivity index (χ3v) is 3.21. The Bertz CT molecular complexity index is 767. The first-order valence-electron chi connectivity index (χ1n) is 7.21. The number of hydrogen-bond donors (Lipinski definition) is 0. The third kappa shape index (κ3) is 5.58. The van der Waals surface area contributed by atoms with E-state index in [4.69, 9.17) is 21.1 Å². The zero-order valence-electron chi connectivity index (χ0n) is 13.7. The van der Waals surface area contributed by atoms with Crippen LogP contribution in [0, 0.1) is 0 Å². The summed E-state index contributed by atoms with van der Waals surface area (Å²) in [5.41, 5.74) is 0.637. The van der Waals surface area contributed by atoms with Gasteiger partial charge in [0, 0.05) is 23.2 Å². The molecule has 0 spiro atoms. The smallest absolute Gasteiger partial charge is 0.377 e. The second kappa shape index (κ2) is 9.39. The molecule has 25 heavy (non-hydrogen) atoms. The molecule has 0 N–H and O–H groups in total. The quantitative estimate of drug-likeness (QED) is 0.329. The van der Waals surface area contributed by atoms with Crippen molar-refractivity contribution in [1.29, 1.82) is 0 Å². The summed E-state index contributed by atoms with van der Waals surface area (Å²) in [6.45, 7) is 0. The highest BCUT2D eigenvalue weighted by atomic mass is 35.5. The monoisotopic (exact) mass is 361 g/mol. The lowest BCUT2D eigenvalue weighted by Gasteiger charge is -2.16. The zero-order chi connectivity index (χ0) is 18.1. The molecule has 7 nitrogen and oxygen atoms in total. The van der Waals surface area contributed by atoms with Crippen molar-refractivity contribution < 1.29 is 19.0 Å². The summed E-state index contributed by atoms with van der Waals surface area (Å²) < 4.78 is 15.1. The maximum absolute atomic E-state index is 11.7. The van der Waals surface area contributed by atoms with E-state index in [0.29, 0.717) is 28.6 Å². The number of rotatable bonds is 6. The number of pyridine rings is 1. The lowest BCUT2D eigenvalue weighted by molar-refractivity contribution is -0.139. The Morgan fingerprint density at radius 2 is 2.16 bits per heavy atom. The summed E-state index contributed by atoms with van der Waals surface area (Å²) in [6, 6.07) is 5.31. The normalized spacial score (nSPS) is 16.4. The number of ether oxygens (including phenoxy) is 3. The van der Waals surface area contributed by atoms with Gasteiger partial charge >= 0.3 is 5.97 Å². The number of esters is 1. The van der Waals surface area contributed by atoms with Crippen molar-refractivity contribution in [2.24, 2.45) is 10.2 Å². The molecule has 0 amide bonds. The molecule has 1 aromatic heterocycles. The van der Waals surface area contributed by atoms with Gasteiger partial charge in [0.15, 0.2) is 5.82 Å². The topological polar surface area (TPSA) is 82.4 Å². The number of hydrogen-bond acceptors (Lipinski definition) is 7. The number of carbonyl (C=O) groups excluding carboxylic acids is 1. The van der Waals surface area contributed by atoms with E-state index in [1.165, 1.54) is 20.4 Å². The Balaban J connectivity index is 2.21. The summed E-state index contributed by atoms with van der Waals surface area (Å²) in [6.07, 6.45) is 7.95. The minimum absolute atomic E-state index is 0.102. The van der Waals surface area contributed by atoms with Gasteiger partial charge in [-0.05, 0) is 24.3 Å². The Morgan fingerprint density at radius 1 is 1.32 bits per heavy atom. The number of methoxy groups -OCH3 is 2. The van der Waals surface area contributed by atoms with E-state index in [0.717, 1.165) is 6.26 Å². The number of nitrogens with zero attached hydrogens (tertiary/aromatic N) is 3. The highest BCUT2D eigenvalue weighted by molar-refractivity contribution is 6.30. The van der Waals surface area contributed by atoms with Crippen molar-refractivity contribution in [3.05, 3.63) is 71.1 Å². The number of aromatic nitrogens is 1. The minimum atomic E-state index is -0.669. The van der Waals surface area contributed by atoms with Crippen molar-refractivity contribution in [3.63, 3.8) is 0 Å². The van der Waals surface area contributed by atoms with E-state index in [2.05, 4.69) is 19.9 Å².